The summed E-state index contributed by atoms with van der Waals surface area (Å²) in [6, 6.07) is 14.1. The first kappa shape index (κ1) is 17.6. The summed E-state index contributed by atoms with van der Waals surface area (Å²) in [5.41, 5.74) is 4.95. The number of carbonyl (C=O) groups excluding carboxylic acids is 1. The molecule has 0 aliphatic carbocycles. The molecule has 0 unspecified atom stereocenters. The molecular formula is C20H23NO3. The molecule has 0 radical (unpaired) electrons. The summed E-state index contributed by atoms with van der Waals surface area (Å²) in [5, 5.41) is 0. The zero-order chi connectivity index (χ0) is 17.7. The van der Waals surface area contributed by atoms with E-state index in [1.54, 1.807) is 7.11 Å². The van der Waals surface area contributed by atoms with Crippen molar-refractivity contribution in [3.8, 4) is 16.9 Å². The molecule has 0 atom stereocenters. The lowest BCUT2D eigenvalue weighted by Gasteiger charge is -2.19. The van der Waals surface area contributed by atoms with Crippen molar-refractivity contribution < 1.29 is 14.3 Å². The van der Waals surface area contributed by atoms with Crippen molar-refractivity contribution in [3.63, 3.8) is 0 Å². The fraction of sp³-hybridized carbons (Fsp3) is 0.250. The molecule has 24 heavy (non-hydrogen) atoms. The van der Waals surface area contributed by atoms with Gasteiger partial charge in [0.15, 0.2) is 0 Å². The van der Waals surface area contributed by atoms with Crippen LogP contribution in [0.2, 0.25) is 0 Å². The van der Waals surface area contributed by atoms with Gasteiger partial charge in [0.2, 0.25) is 0 Å². The van der Waals surface area contributed by atoms with Crippen LogP contribution in [0.1, 0.15) is 12.5 Å². The Morgan fingerprint density at radius 2 is 1.75 bits per heavy atom. The van der Waals surface area contributed by atoms with Crippen LogP contribution in [0.15, 0.2) is 48.5 Å². The second-order valence-electron chi connectivity index (χ2n) is 5.68. The lowest BCUT2D eigenvalue weighted by Crippen LogP contribution is -2.10. The van der Waals surface area contributed by atoms with Crippen molar-refractivity contribution in [1.29, 1.82) is 0 Å². The van der Waals surface area contributed by atoms with Gasteiger partial charge < -0.3 is 14.4 Å². The van der Waals surface area contributed by atoms with Crippen LogP contribution < -0.4 is 9.64 Å². The summed E-state index contributed by atoms with van der Waals surface area (Å²) in [4.78, 5) is 13.6. The number of anilines is 1. The van der Waals surface area contributed by atoms with Gasteiger partial charge in [0.05, 0.1) is 14.2 Å². The molecule has 0 aliphatic rings. The van der Waals surface area contributed by atoms with E-state index in [2.05, 4.69) is 17.0 Å². The molecule has 4 nitrogen and oxygen atoms in total. The second kappa shape index (κ2) is 7.68. The van der Waals surface area contributed by atoms with Crippen molar-refractivity contribution in [2.75, 3.05) is 33.2 Å². The lowest BCUT2D eigenvalue weighted by molar-refractivity contribution is -0.134. The van der Waals surface area contributed by atoms with Crippen molar-refractivity contribution in [3.05, 3.63) is 54.1 Å². The van der Waals surface area contributed by atoms with Crippen LogP contribution in [0, 0.1) is 0 Å². The molecule has 0 fully saturated rings. The number of nitrogens with zero attached hydrogens (tertiary/aromatic N) is 1. The van der Waals surface area contributed by atoms with Crippen LogP contribution in [0.3, 0.4) is 0 Å². The molecule has 2 aromatic rings. The monoisotopic (exact) mass is 325 g/mol. The van der Waals surface area contributed by atoms with Gasteiger partial charge in [-0.05, 0) is 36.3 Å². The number of ether oxygens (including phenoxy) is 2. The van der Waals surface area contributed by atoms with Crippen LogP contribution >= 0.6 is 0 Å². The van der Waals surface area contributed by atoms with Gasteiger partial charge in [0, 0.05) is 37.0 Å². The minimum atomic E-state index is -0.362. The molecule has 2 rings (SSSR count). The normalized spacial score (nSPS) is 11.1. The molecule has 0 spiro atoms. The highest BCUT2D eigenvalue weighted by molar-refractivity contribution is 5.92. The molecule has 0 saturated carbocycles. The Morgan fingerprint density at radius 3 is 2.38 bits per heavy atom. The van der Waals surface area contributed by atoms with E-state index in [0.717, 1.165) is 33.7 Å². The standard InChI is InChI=1S/C20H23NO3/c1-14(12-20(22)24-5)15-10-11-19(23-4)17(13-15)16-8-6-7-9-18(16)21(2)3/h6-13H,1-5H3/b14-12+. The molecule has 0 saturated heterocycles. The zero-order valence-corrected chi connectivity index (χ0v) is 14.8. The molecule has 0 amide bonds. The smallest absolute Gasteiger partial charge is 0.330 e. The third-order valence-electron chi connectivity index (χ3n) is 3.87. The minimum Gasteiger partial charge on any atom is -0.496 e. The minimum absolute atomic E-state index is 0.362. The first-order valence-electron chi connectivity index (χ1n) is 7.69. The molecule has 0 aliphatic heterocycles. The number of esters is 1. The summed E-state index contributed by atoms with van der Waals surface area (Å²) in [5.74, 6) is 0.428. The summed E-state index contributed by atoms with van der Waals surface area (Å²) < 4.78 is 10.2. The fourth-order valence-electron chi connectivity index (χ4n) is 2.57. The predicted octanol–water partition coefficient (Wildman–Crippen LogP) is 4.00. The lowest BCUT2D eigenvalue weighted by atomic mass is 9.97. The van der Waals surface area contributed by atoms with Gasteiger partial charge in [-0.25, -0.2) is 4.79 Å². The highest BCUT2D eigenvalue weighted by atomic mass is 16.5. The van der Waals surface area contributed by atoms with Gasteiger partial charge in [-0.15, -0.1) is 0 Å². The molecular weight excluding hydrogens is 302 g/mol. The molecule has 0 aromatic heterocycles. The van der Waals surface area contributed by atoms with E-state index in [9.17, 15) is 4.79 Å². The third kappa shape index (κ3) is 3.77. The van der Waals surface area contributed by atoms with Crippen molar-refractivity contribution >= 4 is 17.2 Å². The Labute approximate surface area is 143 Å². The summed E-state index contributed by atoms with van der Waals surface area (Å²) in [6.45, 7) is 1.89. The van der Waals surface area contributed by atoms with Gasteiger partial charge in [0.25, 0.3) is 0 Å². The summed E-state index contributed by atoms with van der Waals surface area (Å²) in [7, 11) is 7.06. The number of benzene rings is 2. The number of carbonyl (C=O) groups is 1. The maximum absolute atomic E-state index is 11.5. The second-order valence-corrected chi connectivity index (χ2v) is 5.68. The topological polar surface area (TPSA) is 38.8 Å². The highest BCUT2D eigenvalue weighted by Crippen LogP contribution is 2.37. The molecule has 0 heterocycles. The fourth-order valence-corrected chi connectivity index (χ4v) is 2.57. The van der Waals surface area contributed by atoms with E-state index in [-0.39, 0.29) is 5.97 Å². The zero-order valence-electron chi connectivity index (χ0n) is 14.8. The largest absolute Gasteiger partial charge is 0.496 e. The quantitative estimate of drug-likeness (QED) is 0.615. The van der Waals surface area contributed by atoms with Crippen molar-refractivity contribution in [2.45, 2.75) is 6.92 Å². The predicted molar refractivity (Wildman–Crippen MR) is 98.4 cm³/mol. The maximum atomic E-state index is 11.5. The SMILES string of the molecule is COC(=O)/C=C(\C)c1ccc(OC)c(-c2ccccc2N(C)C)c1. The van der Waals surface area contributed by atoms with Crippen LogP contribution in [-0.2, 0) is 9.53 Å². The van der Waals surface area contributed by atoms with E-state index < -0.39 is 0 Å². The summed E-state index contributed by atoms with van der Waals surface area (Å²) >= 11 is 0. The van der Waals surface area contributed by atoms with Crippen molar-refractivity contribution in [1.82, 2.24) is 0 Å². The van der Waals surface area contributed by atoms with Crippen LogP contribution in [0.5, 0.6) is 5.75 Å². The molecule has 0 bridgehead atoms. The Bertz CT molecular complexity index is 763. The van der Waals surface area contributed by atoms with Gasteiger partial charge in [-0.3, -0.25) is 0 Å². The number of methoxy groups -OCH3 is 2. The Hall–Kier alpha value is -2.75. The Balaban J connectivity index is 2.60. The molecule has 0 N–H and O–H groups in total. The molecule has 4 heteroatoms. The average molecular weight is 325 g/mol. The number of para-hydroxylation sites is 1. The summed E-state index contributed by atoms with van der Waals surface area (Å²) in [6.07, 6.45) is 1.49. The number of allylic oxidation sites excluding steroid dienone is 1. The van der Waals surface area contributed by atoms with E-state index in [0.29, 0.717) is 0 Å². The van der Waals surface area contributed by atoms with Gasteiger partial charge in [0.1, 0.15) is 5.75 Å². The van der Waals surface area contributed by atoms with Crippen LogP contribution in [0.4, 0.5) is 5.69 Å². The van der Waals surface area contributed by atoms with Crippen molar-refractivity contribution in [2.24, 2.45) is 0 Å². The molecule has 126 valence electrons. The van der Waals surface area contributed by atoms with E-state index >= 15 is 0 Å². The maximum Gasteiger partial charge on any atom is 0.330 e. The first-order chi connectivity index (χ1) is 11.5. The van der Waals surface area contributed by atoms with Crippen LogP contribution in [-0.4, -0.2) is 34.3 Å². The van der Waals surface area contributed by atoms with E-state index in [4.69, 9.17) is 9.47 Å². The number of hydrogen-bond acceptors (Lipinski definition) is 4. The average Bonchev–Trinajstić information content (AvgIpc) is 2.60. The van der Waals surface area contributed by atoms with Crippen LogP contribution in [0.25, 0.3) is 16.7 Å². The van der Waals surface area contributed by atoms with Gasteiger partial charge in [-0.1, -0.05) is 24.3 Å². The molecule has 2 aromatic carbocycles. The number of rotatable bonds is 5. The Morgan fingerprint density at radius 1 is 1.04 bits per heavy atom. The van der Waals surface area contributed by atoms with Gasteiger partial charge in [-0.2, -0.15) is 0 Å². The first-order valence-corrected chi connectivity index (χ1v) is 7.69. The Kier molecular flexibility index (Phi) is 5.64. The number of hydrogen-bond donors (Lipinski definition) is 0. The highest BCUT2D eigenvalue weighted by Gasteiger charge is 2.13. The van der Waals surface area contributed by atoms with E-state index in [1.165, 1.54) is 13.2 Å². The third-order valence-corrected chi connectivity index (χ3v) is 3.87. The van der Waals surface area contributed by atoms with Gasteiger partial charge >= 0.3 is 5.97 Å². The van der Waals surface area contributed by atoms with E-state index in [1.807, 2.05) is 51.4 Å².